The number of hydrogen-bond donors (Lipinski definition) is 0. The second kappa shape index (κ2) is 5.09. The first-order valence-electron chi connectivity index (χ1n) is 6.35. The second-order valence-electron chi connectivity index (χ2n) is 4.87. The van der Waals surface area contributed by atoms with Gasteiger partial charge in [-0.15, -0.1) is 0 Å². The molecule has 1 aliphatic rings. The van der Waals surface area contributed by atoms with E-state index in [1.165, 1.54) is 39.8 Å². The predicted molar refractivity (Wildman–Crippen MR) is 76.4 cm³/mol. The minimum atomic E-state index is 0.587. The zero-order valence-corrected chi connectivity index (χ0v) is 12.6. The van der Waals surface area contributed by atoms with Crippen molar-refractivity contribution >= 4 is 40.4 Å². The Morgan fingerprint density at radius 3 is 2.88 bits per heavy atom. The SMILES string of the molecule is C[C@H]1CCCC[C@H]1[Se]c1nc2ccccc2s1. The third-order valence-corrected chi connectivity index (χ3v) is 8.13. The number of aromatic nitrogens is 1. The fourth-order valence-electron chi connectivity index (χ4n) is 2.49. The molecule has 0 aliphatic heterocycles. The van der Waals surface area contributed by atoms with Crippen LogP contribution < -0.4 is 3.91 Å². The maximum atomic E-state index is 4.79. The van der Waals surface area contributed by atoms with Crippen molar-refractivity contribution in [2.45, 2.75) is 37.4 Å². The Morgan fingerprint density at radius 2 is 2.06 bits per heavy atom. The summed E-state index contributed by atoms with van der Waals surface area (Å²) in [5, 5.41) is 0. The van der Waals surface area contributed by atoms with Gasteiger partial charge >= 0.3 is 113 Å². The van der Waals surface area contributed by atoms with Crippen molar-refractivity contribution in [1.29, 1.82) is 0 Å². The first-order valence-corrected chi connectivity index (χ1v) is 9.01. The van der Waals surface area contributed by atoms with Crippen molar-refractivity contribution < 1.29 is 0 Å². The minimum absolute atomic E-state index is 0.587. The standard InChI is InChI=1S/C14H17NSSe/c1-10-6-2-5-9-13(10)17-14-15-11-7-3-4-8-12(11)16-14/h3-4,7-8,10,13H,2,5-6,9H2,1H3/t10-,13+/m0/s1. The van der Waals surface area contributed by atoms with E-state index >= 15 is 0 Å². The third kappa shape index (κ3) is 2.57. The molecule has 1 saturated carbocycles. The van der Waals surface area contributed by atoms with Crippen molar-refractivity contribution in [3.63, 3.8) is 0 Å². The fraction of sp³-hybridized carbons (Fsp3) is 0.500. The van der Waals surface area contributed by atoms with E-state index in [2.05, 4.69) is 31.2 Å². The van der Waals surface area contributed by atoms with Crippen molar-refractivity contribution in [3.8, 4) is 0 Å². The van der Waals surface area contributed by atoms with Gasteiger partial charge < -0.3 is 0 Å². The summed E-state index contributed by atoms with van der Waals surface area (Å²) >= 11 is 2.50. The van der Waals surface area contributed by atoms with Crippen LogP contribution in [0.4, 0.5) is 0 Å². The first kappa shape index (κ1) is 11.7. The summed E-state index contributed by atoms with van der Waals surface area (Å²) in [6, 6.07) is 8.52. The molecule has 1 aliphatic carbocycles. The number of nitrogens with zero attached hydrogens (tertiary/aromatic N) is 1. The van der Waals surface area contributed by atoms with Crippen LogP contribution in [0.1, 0.15) is 32.6 Å². The molecule has 1 fully saturated rings. The summed E-state index contributed by atoms with van der Waals surface area (Å²) in [4.78, 5) is 5.72. The molecule has 0 saturated heterocycles. The molecular formula is C14H17NSSe. The molecule has 1 heterocycles. The van der Waals surface area contributed by atoms with E-state index in [0.29, 0.717) is 15.0 Å². The number of hydrogen-bond acceptors (Lipinski definition) is 2. The van der Waals surface area contributed by atoms with Crippen molar-refractivity contribution in [1.82, 2.24) is 4.98 Å². The number of para-hydroxylation sites is 1. The molecule has 0 radical (unpaired) electrons. The maximum absolute atomic E-state index is 4.79. The van der Waals surface area contributed by atoms with Gasteiger partial charge in [0.1, 0.15) is 0 Å². The van der Waals surface area contributed by atoms with Gasteiger partial charge in [-0.3, -0.25) is 0 Å². The van der Waals surface area contributed by atoms with Gasteiger partial charge in [0.25, 0.3) is 0 Å². The van der Waals surface area contributed by atoms with Gasteiger partial charge in [0.15, 0.2) is 0 Å². The monoisotopic (exact) mass is 311 g/mol. The molecule has 1 aromatic heterocycles. The molecule has 1 aromatic carbocycles. The average Bonchev–Trinajstić information content (AvgIpc) is 2.74. The second-order valence-corrected chi connectivity index (χ2v) is 9.06. The van der Waals surface area contributed by atoms with E-state index in [4.69, 9.17) is 4.98 Å². The number of rotatable bonds is 2. The zero-order valence-electron chi connectivity index (χ0n) is 10.1. The fourth-order valence-corrected chi connectivity index (χ4v) is 6.97. The van der Waals surface area contributed by atoms with Crippen molar-refractivity contribution in [2.24, 2.45) is 5.92 Å². The van der Waals surface area contributed by atoms with E-state index in [-0.39, 0.29) is 0 Å². The molecule has 0 amide bonds. The summed E-state index contributed by atoms with van der Waals surface area (Å²) in [5.74, 6) is 0.913. The van der Waals surface area contributed by atoms with Gasteiger partial charge in [0, 0.05) is 0 Å². The number of thiazole rings is 1. The van der Waals surface area contributed by atoms with Crippen LogP contribution in [0.15, 0.2) is 24.3 Å². The van der Waals surface area contributed by atoms with E-state index in [0.717, 1.165) is 10.7 Å². The number of benzene rings is 1. The summed E-state index contributed by atoms with van der Waals surface area (Å²) in [7, 11) is 0. The summed E-state index contributed by atoms with van der Waals surface area (Å²) in [5.41, 5.74) is 1.19. The molecular weight excluding hydrogens is 293 g/mol. The van der Waals surface area contributed by atoms with Crippen LogP contribution in [0.5, 0.6) is 0 Å². The van der Waals surface area contributed by atoms with E-state index in [1.807, 2.05) is 11.3 Å². The third-order valence-electron chi connectivity index (χ3n) is 3.56. The van der Waals surface area contributed by atoms with Crippen LogP contribution in [0, 0.1) is 5.92 Å². The van der Waals surface area contributed by atoms with Crippen LogP contribution in [0.2, 0.25) is 4.82 Å². The van der Waals surface area contributed by atoms with Gasteiger partial charge in [0.2, 0.25) is 0 Å². The summed E-state index contributed by atoms with van der Waals surface area (Å²) < 4.78 is 2.75. The van der Waals surface area contributed by atoms with Gasteiger partial charge in [-0.2, -0.15) is 0 Å². The quantitative estimate of drug-likeness (QED) is 0.772. The molecule has 2 aromatic rings. The van der Waals surface area contributed by atoms with E-state index < -0.39 is 0 Å². The van der Waals surface area contributed by atoms with Crippen LogP contribution in [0.3, 0.4) is 0 Å². The van der Waals surface area contributed by atoms with E-state index in [9.17, 15) is 0 Å². The van der Waals surface area contributed by atoms with Crippen LogP contribution in [0.25, 0.3) is 10.2 Å². The van der Waals surface area contributed by atoms with Crippen LogP contribution in [-0.4, -0.2) is 19.9 Å². The topological polar surface area (TPSA) is 12.9 Å². The Balaban J connectivity index is 1.79. The van der Waals surface area contributed by atoms with Gasteiger partial charge in [-0.05, 0) is 0 Å². The summed E-state index contributed by atoms with van der Waals surface area (Å²) in [6.07, 6.45) is 5.73. The molecule has 0 bridgehead atoms. The van der Waals surface area contributed by atoms with Crippen LogP contribution >= 0.6 is 11.3 Å². The van der Waals surface area contributed by atoms with E-state index in [1.54, 1.807) is 0 Å². The Morgan fingerprint density at radius 1 is 1.24 bits per heavy atom. The Labute approximate surface area is 113 Å². The van der Waals surface area contributed by atoms with Crippen molar-refractivity contribution in [3.05, 3.63) is 24.3 Å². The molecule has 0 spiro atoms. The molecule has 3 rings (SSSR count). The Kier molecular flexibility index (Phi) is 3.51. The Bertz CT molecular complexity index is 475. The molecule has 90 valence electrons. The molecule has 2 atom stereocenters. The Hall–Kier alpha value is -0.371. The van der Waals surface area contributed by atoms with Crippen LogP contribution in [-0.2, 0) is 0 Å². The zero-order chi connectivity index (χ0) is 11.7. The predicted octanol–water partition coefficient (Wildman–Crippen LogP) is 3.62. The molecule has 0 unspecified atom stereocenters. The van der Waals surface area contributed by atoms with Crippen molar-refractivity contribution in [2.75, 3.05) is 0 Å². The molecule has 0 N–H and O–H groups in total. The first-order chi connectivity index (χ1) is 8.33. The number of fused-ring (bicyclic) bond motifs is 1. The molecule has 17 heavy (non-hydrogen) atoms. The van der Waals surface area contributed by atoms with Gasteiger partial charge in [-0.25, -0.2) is 0 Å². The normalized spacial score (nSPS) is 25.2. The average molecular weight is 310 g/mol. The van der Waals surface area contributed by atoms with Gasteiger partial charge in [-0.1, -0.05) is 0 Å². The molecule has 1 nitrogen and oxygen atoms in total. The molecule has 3 heteroatoms. The summed E-state index contributed by atoms with van der Waals surface area (Å²) in [6.45, 7) is 2.43. The van der Waals surface area contributed by atoms with Gasteiger partial charge in [0.05, 0.1) is 0 Å².